The summed E-state index contributed by atoms with van der Waals surface area (Å²) in [6, 6.07) is 9.07. The number of hydrogen-bond donors (Lipinski definition) is 1. The number of nitrogens with one attached hydrogen (secondary N) is 1. The van der Waals surface area contributed by atoms with E-state index >= 15 is 0 Å². The first-order chi connectivity index (χ1) is 13.0. The minimum atomic E-state index is -1.02. The standard InChI is InChI=1S/C19H15FN2O5/c1-26-12-8-7-11(16(10-12)27-2)9-13-17(23)21-19(25)22(18(13)24)15-6-4-3-5-14(15)20/h3-10H,1-2H3,(H,21,23,25)/b13-9-. The summed E-state index contributed by atoms with van der Waals surface area (Å²) in [6.45, 7) is 0. The Morgan fingerprint density at radius 3 is 2.44 bits per heavy atom. The smallest absolute Gasteiger partial charge is 0.336 e. The van der Waals surface area contributed by atoms with Gasteiger partial charge in [-0.15, -0.1) is 0 Å². The number of ether oxygens (including phenoxy) is 2. The highest BCUT2D eigenvalue weighted by Crippen LogP contribution is 2.29. The number of imide groups is 2. The van der Waals surface area contributed by atoms with Crippen molar-refractivity contribution in [3.8, 4) is 11.5 Å². The predicted molar refractivity (Wildman–Crippen MR) is 94.9 cm³/mol. The summed E-state index contributed by atoms with van der Waals surface area (Å²) < 4.78 is 24.4. The minimum absolute atomic E-state index is 0.250. The quantitative estimate of drug-likeness (QED) is 0.660. The lowest BCUT2D eigenvalue weighted by Gasteiger charge is -2.26. The third-order valence-electron chi connectivity index (χ3n) is 3.94. The van der Waals surface area contributed by atoms with Crippen molar-refractivity contribution in [3.63, 3.8) is 0 Å². The lowest BCUT2D eigenvalue weighted by molar-refractivity contribution is -0.122. The fraction of sp³-hybridized carbons (Fsp3) is 0.105. The molecule has 1 fully saturated rings. The first-order valence-corrected chi connectivity index (χ1v) is 7.84. The van der Waals surface area contributed by atoms with E-state index < -0.39 is 23.7 Å². The zero-order valence-electron chi connectivity index (χ0n) is 14.5. The van der Waals surface area contributed by atoms with Gasteiger partial charge in [-0.3, -0.25) is 14.9 Å². The second kappa shape index (κ2) is 7.28. The number of methoxy groups -OCH3 is 2. The van der Waals surface area contributed by atoms with Gasteiger partial charge in [0.2, 0.25) is 0 Å². The van der Waals surface area contributed by atoms with Gasteiger partial charge in [0.15, 0.2) is 0 Å². The molecule has 2 aromatic carbocycles. The Hall–Kier alpha value is -3.68. The van der Waals surface area contributed by atoms with Crippen molar-refractivity contribution in [2.24, 2.45) is 0 Å². The van der Waals surface area contributed by atoms with Crippen molar-refractivity contribution in [2.75, 3.05) is 19.1 Å². The molecule has 8 heteroatoms. The molecule has 1 aliphatic heterocycles. The summed E-state index contributed by atoms with van der Waals surface area (Å²) in [4.78, 5) is 37.7. The van der Waals surface area contributed by atoms with Crippen molar-refractivity contribution >= 4 is 29.6 Å². The van der Waals surface area contributed by atoms with Crippen LogP contribution in [0.5, 0.6) is 11.5 Å². The molecule has 0 radical (unpaired) electrons. The number of urea groups is 1. The van der Waals surface area contributed by atoms with E-state index in [4.69, 9.17) is 9.47 Å². The third kappa shape index (κ3) is 3.37. The molecule has 0 unspecified atom stereocenters. The highest BCUT2D eigenvalue weighted by molar-refractivity contribution is 6.39. The van der Waals surface area contributed by atoms with Gasteiger partial charge in [0, 0.05) is 11.6 Å². The summed E-state index contributed by atoms with van der Waals surface area (Å²) in [5, 5.41) is 2.04. The first kappa shape index (κ1) is 18.1. The van der Waals surface area contributed by atoms with Crippen LogP contribution < -0.4 is 19.7 Å². The molecule has 0 aromatic heterocycles. The molecule has 4 amide bonds. The monoisotopic (exact) mass is 370 g/mol. The van der Waals surface area contributed by atoms with Crippen LogP contribution in [-0.2, 0) is 9.59 Å². The Morgan fingerprint density at radius 1 is 1.04 bits per heavy atom. The molecular weight excluding hydrogens is 355 g/mol. The Morgan fingerprint density at radius 2 is 1.78 bits per heavy atom. The highest BCUT2D eigenvalue weighted by Gasteiger charge is 2.38. The zero-order valence-corrected chi connectivity index (χ0v) is 14.5. The largest absolute Gasteiger partial charge is 0.497 e. The van der Waals surface area contributed by atoms with Gasteiger partial charge < -0.3 is 9.47 Å². The fourth-order valence-electron chi connectivity index (χ4n) is 2.60. The van der Waals surface area contributed by atoms with Crippen molar-refractivity contribution in [1.29, 1.82) is 0 Å². The number of anilines is 1. The fourth-order valence-corrected chi connectivity index (χ4v) is 2.60. The topological polar surface area (TPSA) is 84.9 Å². The van der Waals surface area contributed by atoms with Crippen LogP contribution in [0.15, 0.2) is 48.0 Å². The number of carbonyl (C=O) groups excluding carboxylic acids is 3. The Bertz CT molecular complexity index is 970. The molecule has 0 bridgehead atoms. The number of rotatable bonds is 4. The average molecular weight is 370 g/mol. The molecule has 1 saturated heterocycles. The molecular formula is C19H15FN2O5. The van der Waals surface area contributed by atoms with Crippen LogP contribution in [0.2, 0.25) is 0 Å². The Labute approximate surface area is 154 Å². The number of para-hydroxylation sites is 1. The number of nitrogens with zero attached hydrogens (tertiary/aromatic N) is 1. The van der Waals surface area contributed by atoms with Gasteiger partial charge in [-0.05, 0) is 30.3 Å². The van der Waals surface area contributed by atoms with Crippen molar-refractivity contribution in [1.82, 2.24) is 5.32 Å². The highest BCUT2D eigenvalue weighted by atomic mass is 19.1. The van der Waals surface area contributed by atoms with Crippen LogP contribution >= 0.6 is 0 Å². The van der Waals surface area contributed by atoms with Crippen molar-refractivity contribution in [3.05, 3.63) is 59.4 Å². The second-order valence-electron chi connectivity index (χ2n) is 5.52. The predicted octanol–water partition coefficient (Wildman–Crippen LogP) is 2.51. The van der Waals surface area contributed by atoms with Crippen molar-refractivity contribution < 1.29 is 28.2 Å². The van der Waals surface area contributed by atoms with Gasteiger partial charge in [-0.2, -0.15) is 0 Å². The number of halogens is 1. The van der Waals surface area contributed by atoms with E-state index in [9.17, 15) is 18.8 Å². The van der Waals surface area contributed by atoms with Crippen LogP contribution in [0.1, 0.15) is 5.56 Å². The molecule has 7 nitrogen and oxygen atoms in total. The summed E-state index contributed by atoms with van der Waals surface area (Å²) in [6.07, 6.45) is 1.27. The molecule has 0 spiro atoms. The van der Waals surface area contributed by atoms with Gasteiger partial charge in [-0.25, -0.2) is 14.1 Å². The maximum atomic E-state index is 14.1. The van der Waals surface area contributed by atoms with Crippen LogP contribution in [0, 0.1) is 5.82 Å². The molecule has 27 heavy (non-hydrogen) atoms. The Balaban J connectivity index is 2.06. The van der Waals surface area contributed by atoms with E-state index in [1.54, 1.807) is 18.2 Å². The van der Waals surface area contributed by atoms with Gasteiger partial charge >= 0.3 is 6.03 Å². The minimum Gasteiger partial charge on any atom is -0.497 e. The van der Waals surface area contributed by atoms with Crippen LogP contribution in [0.3, 0.4) is 0 Å². The molecule has 138 valence electrons. The molecule has 0 saturated carbocycles. The number of barbiturate groups is 1. The van der Waals surface area contributed by atoms with Crippen LogP contribution in [0.25, 0.3) is 6.08 Å². The molecule has 1 heterocycles. The molecule has 3 rings (SSSR count). The first-order valence-electron chi connectivity index (χ1n) is 7.84. The SMILES string of the molecule is COc1ccc(/C=C2/C(=O)NC(=O)N(c3ccccc3F)C2=O)c(OC)c1. The third-order valence-corrected chi connectivity index (χ3v) is 3.94. The van der Waals surface area contributed by atoms with E-state index in [2.05, 4.69) is 0 Å². The van der Waals surface area contributed by atoms with E-state index in [1.807, 2.05) is 5.32 Å². The maximum absolute atomic E-state index is 14.1. The number of benzene rings is 2. The van der Waals surface area contributed by atoms with Gasteiger partial charge in [0.25, 0.3) is 11.8 Å². The molecule has 2 aromatic rings. The summed E-state index contributed by atoms with van der Waals surface area (Å²) in [7, 11) is 2.91. The molecule has 0 aliphatic carbocycles. The maximum Gasteiger partial charge on any atom is 0.336 e. The summed E-state index contributed by atoms with van der Waals surface area (Å²) >= 11 is 0. The van der Waals surface area contributed by atoms with E-state index in [0.717, 1.165) is 6.07 Å². The number of amides is 4. The average Bonchev–Trinajstić information content (AvgIpc) is 2.66. The molecule has 1 N–H and O–H groups in total. The lowest BCUT2D eigenvalue weighted by atomic mass is 10.1. The summed E-state index contributed by atoms with van der Waals surface area (Å²) in [5.41, 5.74) is -0.166. The molecule has 0 atom stereocenters. The zero-order chi connectivity index (χ0) is 19.6. The van der Waals surface area contributed by atoms with E-state index in [-0.39, 0.29) is 11.3 Å². The van der Waals surface area contributed by atoms with Gasteiger partial charge in [0.05, 0.1) is 19.9 Å². The van der Waals surface area contributed by atoms with Gasteiger partial charge in [-0.1, -0.05) is 12.1 Å². The molecule has 1 aliphatic rings. The van der Waals surface area contributed by atoms with Gasteiger partial charge in [0.1, 0.15) is 22.9 Å². The van der Waals surface area contributed by atoms with Crippen molar-refractivity contribution in [2.45, 2.75) is 0 Å². The second-order valence-corrected chi connectivity index (χ2v) is 5.52. The van der Waals surface area contributed by atoms with E-state index in [0.29, 0.717) is 22.0 Å². The lowest BCUT2D eigenvalue weighted by Crippen LogP contribution is -2.54. The Kier molecular flexibility index (Phi) is 4.89. The number of hydrogen-bond acceptors (Lipinski definition) is 5. The summed E-state index contributed by atoms with van der Waals surface area (Å²) in [5.74, 6) is -1.70. The van der Waals surface area contributed by atoms with Crippen LogP contribution in [-0.4, -0.2) is 32.1 Å². The van der Waals surface area contributed by atoms with E-state index in [1.165, 1.54) is 38.5 Å². The normalized spacial score (nSPS) is 15.7. The number of carbonyl (C=O) groups is 3. The van der Waals surface area contributed by atoms with Crippen LogP contribution in [0.4, 0.5) is 14.9 Å².